The molecule has 0 spiro atoms. The zero-order valence-corrected chi connectivity index (χ0v) is 19.9. The number of amides is 2. The van der Waals surface area contributed by atoms with Crippen molar-refractivity contribution in [1.29, 1.82) is 5.26 Å². The number of carbonyl (C=O) groups is 2. The van der Waals surface area contributed by atoms with Crippen molar-refractivity contribution in [2.75, 3.05) is 25.0 Å². The van der Waals surface area contributed by atoms with Crippen LogP contribution in [0.15, 0.2) is 66.7 Å². The van der Waals surface area contributed by atoms with Crippen LogP contribution < -0.4 is 5.32 Å². The average Bonchev–Trinajstić information content (AvgIpc) is 2.86. The Balaban J connectivity index is 1.41. The van der Waals surface area contributed by atoms with Crippen LogP contribution in [-0.4, -0.2) is 47.3 Å². The molecule has 4 rings (SSSR count). The maximum atomic E-state index is 13.5. The van der Waals surface area contributed by atoms with E-state index in [4.69, 9.17) is 16.9 Å². The Morgan fingerprint density at radius 2 is 1.83 bits per heavy atom. The molecular formula is C27H24ClFN4O2. The van der Waals surface area contributed by atoms with Gasteiger partial charge in [-0.3, -0.25) is 14.5 Å². The van der Waals surface area contributed by atoms with E-state index < -0.39 is 5.82 Å². The maximum absolute atomic E-state index is 13.5. The van der Waals surface area contributed by atoms with E-state index in [1.165, 1.54) is 24.3 Å². The third kappa shape index (κ3) is 5.68. The van der Waals surface area contributed by atoms with Crippen molar-refractivity contribution in [3.05, 3.63) is 99.8 Å². The molecular weight excluding hydrogens is 467 g/mol. The van der Waals surface area contributed by atoms with Crippen LogP contribution in [0.4, 0.5) is 10.1 Å². The van der Waals surface area contributed by atoms with Crippen LogP contribution in [0.1, 0.15) is 38.8 Å². The molecule has 1 fully saturated rings. The molecule has 3 aromatic rings. The summed E-state index contributed by atoms with van der Waals surface area (Å²) in [5.74, 6) is -0.958. The quantitative estimate of drug-likeness (QED) is 0.549. The molecule has 1 N–H and O–H groups in total. The molecule has 0 saturated carbocycles. The standard InChI is InChI=1S/C27H24ClFN4O2/c1-18-16-32(11-12-33(18)27(35)21-7-3-9-23(29)14-21)17-22-8-4-10-24(25(22)28)31-26(34)20-6-2-5-19(13-20)15-30/h2-10,13-14,18H,11-12,16-17H2,1H3,(H,31,34)/t18-/m0/s1. The first-order valence-corrected chi connectivity index (χ1v) is 11.6. The van der Waals surface area contributed by atoms with Gasteiger partial charge in [0, 0.05) is 43.3 Å². The van der Waals surface area contributed by atoms with Gasteiger partial charge in [-0.2, -0.15) is 5.26 Å². The van der Waals surface area contributed by atoms with Crippen molar-refractivity contribution in [1.82, 2.24) is 9.80 Å². The summed E-state index contributed by atoms with van der Waals surface area (Å²) in [4.78, 5) is 29.5. The molecule has 1 aliphatic rings. The summed E-state index contributed by atoms with van der Waals surface area (Å²) >= 11 is 6.63. The smallest absolute Gasteiger partial charge is 0.255 e. The number of carbonyl (C=O) groups excluding carboxylic acids is 2. The third-order valence-electron chi connectivity index (χ3n) is 6.02. The van der Waals surface area contributed by atoms with E-state index in [9.17, 15) is 14.0 Å². The molecule has 6 nitrogen and oxygen atoms in total. The Hall–Kier alpha value is -3.73. The Labute approximate surface area is 208 Å². The highest BCUT2D eigenvalue weighted by molar-refractivity contribution is 6.34. The second-order valence-electron chi connectivity index (χ2n) is 8.52. The average molecular weight is 491 g/mol. The van der Waals surface area contributed by atoms with Crippen LogP contribution in [0.2, 0.25) is 5.02 Å². The van der Waals surface area contributed by atoms with Crippen molar-refractivity contribution in [3.63, 3.8) is 0 Å². The van der Waals surface area contributed by atoms with Crippen molar-refractivity contribution in [2.24, 2.45) is 0 Å². The largest absolute Gasteiger partial charge is 0.333 e. The molecule has 1 atom stereocenters. The highest BCUT2D eigenvalue weighted by Gasteiger charge is 2.28. The lowest BCUT2D eigenvalue weighted by Gasteiger charge is -2.40. The van der Waals surface area contributed by atoms with Crippen LogP contribution in [0.3, 0.4) is 0 Å². The Morgan fingerprint density at radius 1 is 1.09 bits per heavy atom. The highest BCUT2D eigenvalue weighted by Crippen LogP contribution is 2.28. The van der Waals surface area contributed by atoms with Gasteiger partial charge < -0.3 is 10.2 Å². The number of hydrogen-bond donors (Lipinski definition) is 1. The molecule has 0 radical (unpaired) electrons. The first-order valence-electron chi connectivity index (χ1n) is 11.2. The summed E-state index contributed by atoms with van der Waals surface area (Å²) in [7, 11) is 0. The fourth-order valence-electron chi connectivity index (χ4n) is 4.23. The molecule has 1 aliphatic heterocycles. The monoisotopic (exact) mass is 490 g/mol. The number of nitrogens with zero attached hydrogens (tertiary/aromatic N) is 3. The van der Waals surface area contributed by atoms with E-state index in [-0.39, 0.29) is 17.9 Å². The van der Waals surface area contributed by atoms with Gasteiger partial charge in [0.15, 0.2) is 0 Å². The zero-order chi connectivity index (χ0) is 24.9. The molecule has 2 amide bonds. The van der Waals surface area contributed by atoms with Gasteiger partial charge in [0.1, 0.15) is 5.82 Å². The number of nitriles is 1. The van der Waals surface area contributed by atoms with Gasteiger partial charge in [0.25, 0.3) is 11.8 Å². The summed E-state index contributed by atoms with van der Waals surface area (Å²) in [6.07, 6.45) is 0. The minimum absolute atomic E-state index is 0.0615. The lowest BCUT2D eigenvalue weighted by molar-refractivity contribution is 0.0475. The molecule has 0 aliphatic carbocycles. The van der Waals surface area contributed by atoms with Gasteiger partial charge in [0.2, 0.25) is 0 Å². The zero-order valence-electron chi connectivity index (χ0n) is 19.2. The Bertz CT molecular complexity index is 1310. The van der Waals surface area contributed by atoms with E-state index >= 15 is 0 Å². The van der Waals surface area contributed by atoms with Gasteiger partial charge in [0.05, 0.1) is 22.3 Å². The number of halogens is 2. The van der Waals surface area contributed by atoms with Crippen molar-refractivity contribution in [3.8, 4) is 6.07 Å². The topological polar surface area (TPSA) is 76.4 Å². The summed E-state index contributed by atoms with van der Waals surface area (Å²) in [6.45, 7) is 4.31. The molecule has 3 aromatic carbocycles. The first kappa shape index (κ1) is 24.4. The lowest BCUT2D eigenvalue weighted by Crippen LogP contribution is -2.53. The van der Waals surface area contributed by atoms with Gasteiger partial charge in [-0.15, -0.1) is 0 Å². The second kappa shape index (κ2) is 10.7. The summed E-state index contributed by atoms with van der Waals surface area (Å²) < 4.78 is 13.5. The van der Waals surface area contributed by atoms with Crippen molar-refractivity contribution >= 4 is 29.1 Å². The molecule has 178 valence electrons. The van der Waals surface area contributed by atoms with Gasteiger partial charge in [-0.05, 0) is 55.0 Å². The Kier molecular flexibility index (Phi) is 7.45. The first-order chi connectivity index (χ1) is 16.9. The van der Waals surface area contributed by atoms with Gasteiger partial charge in [-0.1, -0.05) is 35.9 Å². The summed E-state index contributed by atoms with van der Waals surface area (Å²) in [6, 6.07) is 19.6. The predicted molar refractivity (Wildman–Crippen MR) is 133 cm³/mol. The predicted octanol–water partition coefficient (Wildman–Crippen LogP) is 4.95. The molecule has 1 heterocycles. The van der Waals surface area contributed by atoms with Crippen molar-refractivity contribution in [2.45, 2.75) is 19.5 Å². The molecule has 35 heavy (non-hydrogen) atoms. The fraction of sp³-hybridized carbons (Fsp3) is 0.222. The minimum atomic E-state index is -0.429. The lowest BCUT2D eigenvalue weighted by atomic mass is 10.1. The Morgan fingerprint density at radius 3 is 2.57 bits per heavy atom. The van der Waals surface area contributed by atoms with Gasteiger partial charge in [-0.25, -0.2) is 4.39 Å². The summed E-state index contributed by atoms with van der Waals surface area (Å²) in [5, 5.41) is 12.3. The molecule has 1 saturated heterocycles. The normalized spacial score (nSPS) is 15.9. The number of benzene rings is 3. The molecule has 0 aromatic heterocycles. The van der Waals surface area contributed by atoms with Crippen LogP contribution in [0.5, 0.6) is 0 Å². The van der Waals surface area contributed by atoms with E-state index in [1.54, 1.807) is 35.2 Å². The fourth-order valence-corrected chi connectivity index (χ4v) is 4.46. The van der Waals surface area contributed by atoms with Crippen molar-refractivity contribution < 1.29 is 14.0 Å². The number of nitrogens with one attached hydrogen (secondary N) is 1. The second-order valence-corrected chi connectivity index (χ2v) is 8.90. The van der Waals surface area contributed by atoms with E-state index in [1.807, 2.05) is 25.1 Å². The number of anilines is 1. The van der Waals surface area contributed by atoms with Crippen LogP contribution in [0, 0.1) is 17.1 Å². The minimum Gasteiger partial charge on any atom is -0.333 e. The molecule has 0 bridgehead atoms. The van der Waals surface area contributed by atoms with E-state index in [0.717, 1.165) is 5.56 Å². The summed E-state index contributed by atoms with van der Waals surface area (Å²) in [5.41, 5.74) is 2.47. The number of hydrogen-bond acceptors (Lipinski definition) is 4. The van der Waals surface area contributed by atoms with Crippen LogP contribution in [0.25, 0.3) is 0 Å². The number of piperazine rings is 1. The number of rotatable bonds is 5. The third-order valence-corrected chi connectivity index (χ3v) is 6.47. The molecule has 0 unspecified atom stereocenters. The van der Waals surface area contributed by atoms with Crippen LogP contribution >= 0.6 is 11.6 Å². The van der Waals surface area contributed by atoms with Crippen LogP contribution in [-0.2, 0) is 6.54 Å². The SMILES string of the molecule is C[C@H]1CN(Cc2cccc(NC(=O)c3cccc(C#N)c3)c2Cl)CCN1C(=O)c1cccc(F)c1. The maximum Gasteiger partial charge on any atom is 0.255 e. The molecule has 8 heteroatoms. The highest BCUT2D eigenvalue weighted by atomic mass is 35.5. The van der Waals surface area contributed by atoms with Gasteiger partial charge >= 0.3 is 0 Å². The van der Waals surface area contributed by atoms with E-state index in [0.29, 0.717) is 53.6 Å². The van der Waals surface area contributed by atoms with E-state index in [2.05, 4.69) is 10.2 Å².